The van der Waals surface area contributed by atoms with Crippen LogP contribution in [0.1, 0.15) is 70.0 Å². The number of halogens is 2. The SMILES string of the molecule is CCC1=Cc2c(-c3cc4ccccc4c4ccccc34)cccc2[CH]1[Zr]([Cl])([Cl])(=[C](C)C)[CH]1C(CC)=Cc2c(-c3cc4ccccc4c4ccccc34)cccc21. The van der Waals surface area contributed by atoms with Crippen LogP contribution >= 0.6 is 17.0 Å². The van der Waals surface area contributed by atoms with Crippen LogP contribution in [-0.2, 0) is 15.9 Å². The third-order valence-corrected chi connectivity index (χ3v) is 36.1. The summed E-state index contributed by atoms with van der Waals surface area (Å²) in [6, 6.07) is 53.7. The van der Waals surface area contributed by atoms with E-state index in [1.165, 1.54) is 102 Å². The molecule has 2 atom stereocenters. The van der Waals surface area contributed by atoms with Gasteiger partial charge in [0, 0.05) is 0 Å². The first kappa shape index (κ1) is 36.0. The monoisotopic (exact) mass is 840 g/mol. The average molecular weight is 843 g/mol. The summed E-state index contributed by atoms with van der Waals surface area (Å²) in [5.74, 6) is 0. The standard InChI is InChI=1S/2C25H19.C3H6.2ClH.Zr/c2*1-2-17-14-18-9-7-13-23(24(18)15-17)25-16-19-8-3-4-10-20(19)21-11-5-6-12-22(21)25;1-3-2;;;/h2*3-16H,2H2,1H3;1-2H3;2*1H;/q;;;;;+2/p-2. The van der Waals surface area contributed by atoms with Gasteiger partial charge in [-0.25, -0.2) is 0 Å². The van der Waals surface area contributed by atoms with E-state index in [0.717, 1.165) is 12.8 Å². The van der Waals surface area contributed by atoms with Crippen LogP contribution in [0.5, 0.6) is 0 Å². The van der Waals surface area contributed by atoms with Gasteiger partial charge < -0.3 is 0 Å². The second kappa shape index (κ2) is 13.3. The first-order chi connectivity index (χ1) is 27.2. The van der Waals surface area contributed by atoms with Crippen LogP contribution < -0.4 is 0 Å². The fraction of sp³-hybridized carbons (Fsp3) is 0.151. The van der Waals surface area contributed by atoms with Crippen molar-refractivity contribution in [3.8, 4) is 22.3 Å². The minimum atomic E-state index is -5.18. The van der Waals surface area contributed by atoms with Gasteiger partial charge in [-0.05, 0) is 0 Å². The van der Waals surface area contributed by atoms with Crippen molar-refractivity contribution in [3.63, 3.8) is 0 Å². The van der Waals surface area contributed by atoms with Crippen molar-refractivity contribution >= 4 is 75.5 Å². The van der Waals surface area contributed by atoms with E-state index in [2.05, 4.69) is 185 Å². The van der Waals surface area contributed by atoms with Crippen LogP contribution in [0.3, 0.4) is 0 Å². The predicted octanol–water partition coefficient (Wildman–Crippen LogP) is 16.2. The Labute approximate surface area is 337 Å². The summed E-state index contributed by atoms with van der Waals surface area (Å²) in [6.45, 7) is 9.05. The molecule has 8 aromatic rings. The zero-order valence-electron chi connectivity index (χ0n) is 32.3. The van der Waals surface area contributed by atoms with Gasteiger partial charge in [-0.15, -0.1) is 0 Å². The Kier molecular flexibility index (Phi) is 8.58. The van der Waals surface area contributed by atoms with Gasteiger partial charge >= 0.3 is 340 Å². The number of fused-ring (bicyclic) bond motifs is 8. The van der Waals surface area contributed by atoms with E-state index >= 15 is 0 Å². The molecule has 56 heavy (non-hydrogen) atoms. The molecular weight excluding hydrogens is 799 g/mol. The van der Waals surface area contributed by atoms with Crippen LogP contribution in [0.2, 0.25) is 0 Å². The Morgan fingerprint density at radius 2 is 0.821 bits per heavy atom. The quantitative estimate of drug-likeness (QED) is 0.146. The van der Waals surface area contributed by atoms with E-state index in [9.17, 15) is 0 Å². The van der Waals surface area contributed by atoms with Crippen LogP contribution in [0, 0.1) is 0 Å². The summed E-state index contributed by atoms with van der Waals surface area (Å²) in [6.07, 6.45) is 6.70. The average Bonchev–Trinajstić information content (AvgIpc) is 3.83. The molecule has 0 spiro atoms. The van der Waals surface area contributed by atoms with Gasteiger partial charge in [-0.1, -0.05) is 0 Å². The molecule has 2 aliphatic rings. The molecular formula is C53H44Cl2Zr. The zero-order chi connectivity index (χ0) is 38.4. The summed E-state index contributed by atoms with van der Waals surface area (Å²) < 4.78 is 1.12. The predicted molar refractivity (Wildman–Crippen MR) is 244 cm³/mol. The van der Waals surface area contributed by atoms with Gasteiger partial charge in [0.25, 0.3) is 0 Å². The first-order valence-corrected chi connectivity index (χ1v) is 30.5. The normalized spacial score (nSPS) is 16.7. The van der Waals surface area contributed by atoms with Crippen molar-refractivity contribution < 1.29 is 15.9 Å². The summed E-state index contributed by atoms with van der Waals surface area (Å²) in [5.41, 5.74) is 12.8. The Hall–Kier alpha value is -4.39. The minimum absolute atomic E-state index is 0.0486. The van der Waals surface area contributed by atoms with E-state index in [1.54, 1.807) is 0 Å². The van der Waals surface area contributed by atoms with E-state index in [4.69, 9.17) is 17.0 Å². The van der Waals surface area contributed by atoms with Gasteiger partial charge in [0.1, 0.15) is 0 Å². The molecule has 0 nitrogen and oxygen atoms in total. The zero-order valence-corrected chi connectivity index (χ0v) is 36.3. The summed E-state index contributed by atoms with van der Waals surface area (Å²) >= 11 is -5.18. The fourth-order valence-corrected chi connectivity index (χ4v) is 29.1. The number of hydrogen-bond acceptors (Lipinski definition) is 0. The molecule has 0 aromatic heterocycles. The molecule has 2 aliphatic carbocycles. The van der Waals surface area contributed by atoms with Gasteiger partial charge in [0.05, 0.1) is 0 Å². The number of benzene rings is 8. The summed E-state index contributed by atoms with van der Waals surface area (Å²) in [7, 11) is 17.5. The summed E-state index contributed by atoms with van der Waals surface area (Å²) in [5, 5.41) is 10.2. The molecule has 0 radical (unpaired) electrons. The molecule has 0 amide bonds. The Morgan fingerprint density at radius 3 is 1.21 bits per heavy atom. The van der Waals surface area contributed by atoms with Crippen LogP contribution in [0.25, 0.3) is 77.5 Å². The molecule has 0 N–H and O–H groups in total. The number of rotatable bonds is 6. The molecule has 2 unspecified atom stereocenters. The molecule has 0 saturated carbocycles. The van der Waals surface area contributed by atoms with E-state index in [-0.39, 0.29) is 7.25 Å². The van der Waals surface area contributed by atoms with Crippen molar-refractivity contribution in [1.82, 2.24) is 0 Å². The van der Waals surface area contributed by atoms with Crippen LogP contribution in [0.4, 0.5) is 0 Å². The van der Waals surface area contributed by atoms with Crippen LogP contribution in [-0.4, -0.2) is 3.21 Å². The third kappa shape index (κ3) is 5.10. The molecule has 274 valence electrons. The fourth-order valence-electron chi connectivity index (χ4n) is 10.6. The van der Waals surface area contributed by atoms with Crippen molar-refractivity contribution in [3.05, 3.63) is 179 Å². The Balaban J connectivity index is 1.20. The second-order valence-electron chi connectivity index (χ2n) is 16.2. The maximum atomic E-state index is 8.74. The van der Waals surface area contributed by atoms with Gasteiger partial charge in [-0.3, -0.25) is 0 Å². The maximum absolute atomic E-state index is 8.74. The van der Waals surface area contributed by atoms with Gasteiger partial charge in [0.2, 0.25) is 0 Å². The molecule has 0 fully saturated rings. The van der Waals surface area contributed by atoms with Gasteiger partial charge in [-0.2, -0.15) is 0 Å². The van der Waals surface area contributed by atoms with Crippen molar-refractivity contribution in [1.29, 1.82) is 0 Å². The number of hydrogen-bond donors (Lipinski definition) is 0. The summed E-state index contributed by atoms with van der Waals surface area (Å²) in [4.78, 5) is 0. The molecule has 0 saturated heterocycles. The van der Waals surface area contributed by atoms with E-state index in [1.807, 2.05) is 0 Å². The van der Waals surface area contributed by atoms with Crippen molar-refractivity contribution in [2.45, 2.75) is 47.8 Å². The molecule has 10 rings (SSSR count). The van der Waals surface area contributed by atoms with Crippen molar-refractivity contribution in [2.24, 2.45) is 0 Å². The molecule has 0 aliphatic heterocycles. The second-order valence-corrected chi connectivity index (χ2v) is 37.9. The molecule has 0 heterocycles. The molecule has 0 bridgehead atoms. The molecule has 8 aromatic carbocycles. The Bertz CT molecular complexity index is 2900. The van der Waals surface area contributed by atoms with Crippen molar-refractivity contribution in [2.75, 3.05) is 0 Å². The van der Waals surface area contributed by atoms with Gasteiger partial charge in [0.15, 0.2) is 0 Å². The topological polar surface area (TPSA) is 0 Å². The first-order valence-electron chi connectivity index (χ1n) is 20.1. The number of allylic oxidation sites excluding steroid dienone is 2. The van der Waals surface area contributed by atoms with E-state index in [0.29, 0.717) is 0 Å². The van der Waals surface area contributed by atoms with E-state index < -0.39 is 15.9 Å². The van der Waals surface area contributed by atoms with Crippen LogP contribution in [0.15, 0.2) is 157 Å². The molecule has 3 heteroatoms. The third-order valence-electron chi connectivity index (χ3n) is 13.2. The Morgan fingerprint density at radius 1 is 0.446 bits per heavy atom.